The van der Waals surface area contributed by atoms with E-state index >= 15 is 0 Å². The average molecular weight is 702 g/mol. The number of para-hydroxylation sites is 1. The molecule has 0 unspecified atom stereocenters. The SMILES string of the molecule is c1ccc(-c2cc3oc4cccc(N(c5ccccc5)c5cccc6c5-c5ccccc5C6(c5ccccc5)c5ccccc5)c4c3c3ccccc23)cc1. The van der Waals surface area contributed by atoms with E-state index in [1.807, 2.05) is 0 Å². The molecule has 1 aliphatic rings. The Balaban J connectivity index is 1.25. The number of furan rings is 1. The summed E-state index contributed by atoms with van der Waals surface area (Å²) < 4.78 is 6.86. The highest BCUT2D eigenvalue weighted by atomic mass is 16.3. The maximum Gasteiger partial charge on any atom is 0.137 e. The predicted octanol–water partition coefficient (Wildman–Crippen LogP) is 14.2. The molecule has 0 N–H and O–H groups in total. The Morgan fingerprint density at radius 2 is 0.945 bits per heavy atom. The van der Waals surface area contributed by atoms with Crippen molar-refractivity contribution >= 4 is 49.8 Å². The standard InChI is InChI=1S/C53H35NO/c1-5-19-36(20-6-1)43-35-49-51(41-28-14-13-27-40(41)43)52-47(33-18-34-48(52)55-49)54(39-25-11-4-12-26-39)46-32-17-31-45-50(46)42-29-15-16-30-44(42)53(45,37-21-7-2-8-22-37)38-23-9-3-10-24-38/h1-35H. The highest BCUT2D eigenvalue weighted by Gasteiger charge is 2.47. The molecule has 0 radical (unpaired) electrons. The Labute approximate surface area is 320 Å². The highest BCUT2D eigenvalue weighted by Crippen LogP contribution is 2.60. The minimum atomic E-state index is -0.509. The van der Waals surface area contributed by atoms with Gasteiger partial charge in [0.25, 0.3) is 0 Å². The van der Waals surface area contributed by atoms with E-state index in [2.05, 4.69) is 217 Å². The fourth-order valence-corrected chi connectivity index (χ4v) is 9.35. The van der Waals surface area contributed by atoms with Crippen LogP contribution in [0.1, 0.15) is 22.3 Å². The Bertz CT molecular complexity index is 2980. The Morgan fingerprint density at radius 3 is 1.67 bits per heavy atom. The van der Waals surface area contributed by atoms with E-state index in [1.54, 1.807) is 0 Å². The van der Waals surface area contributed by atoms with Crippen molar-refractivity contribution in [3.8, 4) is 22.3 Å². The van der Waals surface area contributed by atoms with Gasteiger partial charge in [-0.2, -0.15) is 0 Å². The van der Waals surface area contributed by atoms with Crippen molar-refractivity contribution in [3.63, 3.8) is 0 Å². The molecule has 10 aromatic rings. The number of hydrogen-bond donors (Lipinski definition) is 0. The van der Waals surface area contributed by atoms with Crippen LogP contribution in [0.4, 0.5) is 17.1 Å². The van der Waals surface area contributed by atoms with Crippen LogP contribution >= 0.6 is 0 Å². The van der Waals surface area contributed by atoms with E-state index in [0.29, 0.717) is 0 Å². The lowest BCUT2D eigenvalue weighted by molar-refractivity contribution is 0.669. The molecular weight excluding hydrogens is 667 g/mol. The summed E-state index contributed by atoms with van der Waals surface area (Å²) in [6, 6.07) is 76.8. The van der Waals surface area contributed by atoms with Crippen molar-refractivity contribution in [1.29, 1.82) is 0 Å². The summed E-state index contributed by atoms with van der Waals surface area (Å²) in [5.41, 5.74) is 14.4. The highest BCUT2D eigenvalue weighted by molar-refractivity contribution is 6.25. The van der Waals surface area contributed by atoms with E-state index < -0.39 is 5.41 Å². The fraction of sp³-hybridized carbons (Fsp3) is 0.0189. The lowest BCUT2D eigenvalue weighted by Crippen LogP contribution is -2.28. The minimum absolute atomic E-state index is 0.509. The summed E-state index contributed by atoms with van der Waals surface area (Å²) in [4.78, 5) is 2.46. The van der Waals surface area contributed by atoms with Crippen LogP contribution < -0.4 is 4.90 Å². The van der Waals surface area contributed by atoms with Crippen LogP contribution in [0, 0.1) is 0 Å². The normalized spacial score (nSPS) is 12.9. The summed E-state index contributed by atoms with van der Waals surface area (Å²) in [6.07, 6.45) is 0. The van der Waals surface area contributed by atoms with E-state index in [9.17, 15) is 0 Å². The first-order valence-electron chi connectivity index (χ1n) is 18.9. The third-order valence-electron chi connectivity index (χ3n) is 11.5. The molecule has 1 aliphatic carbocycles. The van der Waals surface area contributed by atoms with Crippen molar-refractivity contribution in [3.05, 3.63) is 235 Å². The Kier molecular flexibility index (Phi) is 7.11. The third kappa shape index (κ3) is 4.62. The van der Waals surface area contributed by atoms with Gasteiger partial charge in [0.1, 0.15) is 11.2 Å². The zero-order chi connectivity index (χ0) is 36.3. The second kappa shape index (κ2) is 12.5. The molecule has 55 heavy (non-hydrogen) atoms. The third-order valence-corrected chi connectivity index (χ3v) is 11.5. The van der Waals surface area contributed by atoms with Crippen molar-refractivity contribution in [2.75, 3.05) is 4.90 Å². The molecule has 258 valence electrons. The molecule has 0 bridgehead atoms. The molecule has 1 heterocycles. The molecule has 0 saturated carbocycles. The number of fused-ring (bicyclic) bond motifs is 8. The first kappa shape index (κ1) is 31.4. The van der Waals surface area contributed by atoms with Gasteiger partial charge in [-0.15, -0.1) is 0 Å². The summed E-state index contributed by atoms with van der Waals surface area (Å²) >= 11 is 0. The number of benzene rings is 9. The van der Waals surface area contributed by atoms with Gasteiger partial charge >= 0.3 is 0 Å². The quantitative estimate of drug-likeness (QED) is 0.172. The van der Waals surface area contributed by atoms with E-state index in [-0.39, 0.29) is 0 Å². The van der Waals surface area contributed by atoms with Crippen LogP contribution in [0.2, 0.25) is 0 Å². The van der Waals surface area contributed by atoms with Crippen molar-refractivity contribution < 1.29 is 4.42 Å². The van der Waals surface area contributed by atoms with Crippen LogP contribution in [-0.2, 0) is 5.41 Å². The van der Waals surface area contributed by atoms with E-state index in [4.69, 9.17) is 4.42 Å². The topological polar surface area (TPSA) is 16.4 Å². The van der Waals surface area contributed by atoms with Gasteiger partial charge in [-0.05, 0) is 86.1 Å². The van der Waals surface area contributed by atoms with Crippen molar-refractivity contribution in [1.82, 2.24) is 0 Å². The van der Waals surface area contributed by atoms with E-state index in [0.717, 1.165) is 39.0 Å². The zero-order valence-corrected chi connectivity index (χ0v) is 30.1. The molecule has 1 aromatic heterocycles. The summed E-state index contributed by atoms with van der Waals surface area (Å²) in [7, 11) is 0. The maximum absolute atomic E-state index is 6.86. The largest absolute Gasteiger partial charge is 0.456 e. The van der Waals surface area contributed by atoms with Gasteiger partial charge in [0.05, 0.1) is 22.2 Å². The van der Waals surface area contributed by atoms with Crippen LogP contribution in [0.15, 0.2) is 217 Å². The molecule has 0 fully saturated rings. The van der Waals surface area contributed by atoms with Crippen molar-refractivity contribution in [2.45, 2.75) is 5.41 Å². The summed E-state index contributed by atoms with van der Waals surface area (Å²) in [6.45, 7) is 0. The number of hydrogen-bond acceptors (Lipinski definition) is 2. The summed E-state index contributed by atoms with van der Waals surface area (Å²) in [5.74, 6) is 0. The number of nitrogens with zero attached hydrogens (tertiary/aromatic N) is 1. The van der Waals surface area contributed by atoms with Gasteiger partial charge in [-0.3, -0.25) is 0 Å². The van der Waals surface area contributed by atoms with Gasteiger partial charge in [-0.25, -0.2) is 0 Å². The zero-order valence-electron chi connectivity index (χ0n) is 30.1. The van der Waals surface area contributed by atoms with Gasteiger partial charge < -0.3 is 9.32 Å². The van der Waals surface area contributed by atoms with Gasteiger partial charge in [-0.1, -0.05) is 176 Å². The first-order valence-corrected chi connectivity index (χ1v) is 18.9. The molecule has 2 heteroatoms. The van der Waals surface area contributed by atoms with E-state index in [1.165, 1.54) is 55.3 Å². The second-order valence-corrected chi connectivity index (χ2v) is 14.4. The molecule has 0 aliphatic heterocycles. The predicted molar refractivity (Wildman–Crippen MR) is 229 cm³/mol. The molecule has 0 amide bonds. The molecule has 9 aromatic carbocycles. The first-order chi connectivity index (χ1) is 27.3. The maximum atomic E-state index is 6.86. The summed E-state index contributed by atoms with van der Waals surface area (Å²) in [5, 5.41) is 4.60. The number of rotatable bonds is 6. The molecule has 0 spiro atoms. The smallest absolute Gasteiger partial charge is 0.137 e. The second-order valence-electron chi connectivity index (χ2n) is 14.4. The Morgan fingerprint density at radius 1 is 0.382 bits per heavy atom. The fourth-order valence-electron chi connectivity index (χ4n) is 9.35. The lowest BCUT2D eigenvalue weighted by atomic mass is 9.68. The lowest BCUT2D eigenvalue weighted by Gasteiger charge is -2.34. The molecule has 0 atom stereocenters. The number of anilines is 3. The Hall–Kier alpha value is -7.16. The molecule has 0 saturated heterocycles. The average Bonchev–Trinajstić information content (AvgIpc) is 3.80. The van der Waals surface area contributed by atoms with Crippen molar-refractivity contribution in [2.24, 2.45) is 0 Å². The molecular formula is C53H35NO. The van der Waals surface area contributed by atoms with Crippen LogP contribution in [-0.4, -0.2) is 0 Å². The molecule has 2 nitrogen and oxygen atoms in total. The molecule has 11 rings (SSSR count). The van der Waals surface area contributed by atoms with Gasteiger partial charge in [0.2, 0.25) is 0 Å². The van der Waals surface area contributed by atoms with Crippen LogP contribution in [0.25, 0.3) is 55.0 Å². The minimum Gasteiger partial charge on any atom is -0.456 e. The van der Waals surface area contributed by atoms with Crippen LogP contribution in [0.3, 0.4) is 0 Å². The van der Waals surface area contributed by atoms with Crippen LogP contribution in [0.5, 0.6) is 0 Å². The van der Waals surface area contributed by atoms with Gasteiger partial charge in [0, 0.05) is 16.6 Å². The monoisotopic (exact) mass is 701 g/mol. The van der Waals surface area contributed by atoms with Gasteiger partial charge in [0.15, 0.2) is 0 Å².